The first-order valence-corrected chi connectivity index (χ1v) is 8.74. The summed E-state index contributed by atoms with van der Waals surface area (Å²) in [5, 5.41) is 6.75. The van der Waals surface area contributed by atoms with E-state index in [0.717, 1.165) is 5.56 Å². The smallest absolute Gasteiger partial charge is 0.229 e. The van der Waals surface area contributed by atoms with Gasteiger partial charge in [0.2, 0.25) is 11.8 Å². The molecule has 0 aliphatic carbocycles. The number of aromatic nitrogens is 1. The predicted octanol–water partition coefficient (Wildman–Crippen LogP) is 1.71. The Kier molecular flexibility index (Phi) is 5.63. The number of amides is 2. The quantitative estimate of drug-likeness (QED) is 0.794. The van der Waals surface area contributed by atoms with Gasteiger partial charge in [-0.25, -0.2) is 0 Å². The highest BCUT2D eigenvalue weighted by Crippen LogP contribution is 2.28. The van der Waals surface area contributed by atoms with E-state index in [-0.39, 0.29) is 24.2 Å². The lowest BCUT2D eigenvalue weighted by molar-refractivity contribution is -0.126. The van der Waals surface area contributed by atoms with Crippen molar-refractivity contribution in [2.45, 2.75) is 19.8 Å². The molecule has 8 heteroatoms. The summed E-state index contributed by atoms with van der Waals surface area (Å²) >= 11 is 0. The molecule has 1 saturated heterocycles. The van der Waals surface area contributed by atoms with Crippen LogP contribution in [0, 0.1) is 12.8 Å². The molecule has 8 nitrogen and oxygen atoms in total. The number of benzene rings is 1. The largest absolute Gasteiger partial charge is 0.493 e. The summed E-state index contributed by atoms with van der Waals surface area (Å²) in [6.45, 7) is 2.55. The van der Waals surface area contributed by atoms with Crippen LogP contribution in [0.25, 0.3) is 0 Å². The van der Waals surface area contributed by atoms with Gasteiger partial charge in [-0.05, 0) is 31.0 Å². The van der Waals surface area contributed by atoms with Gasteiger partial charge in [-0.1, -0.05) is 11.2 Å². The molecular formula is C19H23N3O5. The third-order valence-electron chi connectivity index (χ3n) is 4.55. The molecule has 0 saturated carbocycles. The van der Waals surface area contributed by atoms with Crippen molar-refractivity contribution in [3.05, 3.63) is 35.6 Å². The van der Waals surface area contributed by atoms with Gasteiger partial charge in [0.05, 0.1) is 20.1 Å². The number of carbonyl (C=O) groups excluding carboxylic acids is 2. The van der Waals surface area contributed by atoms with E-state index in [2.05, 4.69) is 10.5 Å². The molecule has 2 heterocycles. The maximum Gasteiger partial charge on any atom is 0.229 e. The van der Waals surface area contributed by atoms with Crippen molar-refractivity contribution in [3.63, 3.8) is 0 Å². The van der Waals surface area contributed by atoms with E-state index in [4.69, 9.17) is 14.0 Å². The molecular weight excluding hydrogens is 350 g/mol. The fourth-order valence-electron chi connectivity index (χ4n) is 3.10. The summed E-state index contributed by atoms with van der Waals surface area (Å²) in [6, 6.07) is 7.35. The van der Waals surface area contributed by atoms with Crippen LogP contribution in [0.2, 0.25) is 0 Å². The molecule has 2 amide bonds. The maximum atomic E-state index is 12.4. The van der Waals surface area contributed by atoms with Gasteiger partial charge in [0.25, 0.3) is 0 Å². The maximum absolute atomic E-state index is 12.4. The van der Waals surface area contributed by atoms with Crippen molar-refractivity contribution < 1.29 is 23.6 Å². The fourth-order valence-corrected chi connectivity index (χ4v) is 3.10. The third kappa shape index (κ3) is 4.21. The molecule has 3 rings (SSSR count). The first-order valence-electron chi connectivity index (χ1n) is 8.74. The van der Waals surface area contributed by atoms with Crippen LogP contribution in [0.1, 0.15) is 17.7 Å². The van der Waals surface area contributed by atoms with Gasteiger partial charge < -0.3 is 19.3 Å². The number of anilines is 1. The van der Waals surface area contributed by atoms with Gasteiger partial charge in [-0.3, -0.25) is 14.5 Å². The molecule has 1 atom stereocenters. The Balaban J connectivity index is 1.52. The summed E-state index contributed by atoms with van der Waals surface area (Å²) in [4.78, 5) is 26.1. The van der Waals surface area contributed by atoms with Crippen molar-refractivity contribution in [3.8, 4) is 11.5 Å². The van der Waals surface area contributed by atoms with E-state index in [1.807, 2.05) is 18.2 Å². The second kappa shape index (κ2) is 8.11. The minimum absolute atomic E-state index is 0.122. The Morgan fingerprint density at radius 3 is 2.74 bits per heavy atom. The molecule has 1 unspecified atom stereocenters. The fraction of sp³-hybridized carbons (Fsp3) is 0.421. The lowest BCUT2D eigenvalue weighted by Crippen LogP contribution is -2.34. The Hall–Kier alpha value is -3.03. The Morgan fingerprint density at radius 2 is 2.07 bits per heavy atom. The normalized spacial score (nSPS) is 16.5. The Bertz CT molecular complexity index is 833. The standard InChI is InChI=1S/C19H23N3O5/c1-12-8-17(21-27-12)22-11-14(10-18(22)23)19(24)20-7-6-13-4-5-15(25-2)16(9-13)26-3/h4-5,8-9,14H,6-7,10-11H2,1-3H3,(H,20,24). The second-order valence-electron chi connectivity index (χ2n) is 6.43. The summed E-state index contributed by atoms with van der Waals surface area (Å²) in [5.41, 5.74) is 1.02. The molecule has 27 heavy (non-hydrogen) atoms. The van der Waals surface area contributed by atoms with Crippen LogP contribution in [0.4, 0.5) is 5.82 Å². The van der Waals surface area contributed by atoms with Crippen LogP contribution in [0.5, 0.6) is 11.5 Å². The van der Waals surface area contributed by atoms with Crippen LogP contribution >= 0.6 is 0 Å². The van der Waals surface area contributed by atoms with E-state index < -0.39 is 0 Å². The Morgan fingerprint density at radius 1 is 1.30 bits per heavy atom. The first kappa shape index (κ1) is 18.8. The van der Waals surface area contributed by atoms with Crippen molar-refractivity contribution in [1.29, 1.82) is 0 Å². The summed E-state index contributed by atoms with van der Waals surface area (Å²) in [6.07, 6.45) is 0.826. The zero-order chi connectivity index (χ0) is 19.4. The molecule has 144 valence electrons. The van der Waals surface area contributed by atoms with Crippen LogP contribution in [0.3, 0.4) is 0 Å². The molecule has 1 N–H and O–H groups in total. The molecule has 1 fully saturated rings. The van der Waals surface area contributed by atoms with Crippen molar-refractivity contribution in [2.75, 3.05) is 32.2 Å². The highest BCUT2D eigenvalue weighted by atomic mass is 16.5. The number of carbonyl (C=O) groups is 2. The molecule has 1 aliphatic heterocycles. The van der Waals surface area contributed by atoms with E-state index in [9.17, 15) is 9.59 Å². The number of hydrogen-bond donors (Lipinski definition) is 1. The summed E-state index contributed by atoms with van der Waals surface area (Å²) in [5.74, 6) is 1.76. The highest BCUT2D eigenvalue weighted by molar-refractivity contribution is 5.99. The zero-order valence-electron chi connectivity index (χ0n) is 15.7. The molecule has 0 spiro atoms. The third-order valence-corrected chi connectivity index (χ3v) is 4.55. The number of hydrogen-bond acceptors (Lipinski definition) is 6. The van der Waals surface area contributed by atoms with Gasteiger partial charge >= 0.3 is 0 Å². The van der Waals surface area contributed by atoms with Crippen molar-refractivity contribution >= 4 is 17.6 Å². The summed E-state index contributed by atoms with van der Waals surface area (Å²) < 4.78 is 15.5. The lowest BCUT2D eigenvalue weighted by atomic mass is 10.1. The lowest BCUT2D eigenvalue weighted by Gasteiger charge is -2.13. The number of nitrogens with zero attached hydrogens (tertiary/aromatic N) is 2. The number of aryl methyl sites for hydroxylation is 1. The van der Waals surface area contributed by atoms with E-state index in [1.54, 1.807) is 27.2 Å². The molecule has 1 aromatic carbocycles. The molecule has 0 radical (unpaired) electrons. The molecule has 2 aromatic rings. The van der Waals surface area contributed by atoms with Crippen LogP contribution in [0.15, 0.2) is 28.8 Å². The number of nitrogens with one attached hydrogen (secondary N) is 1. The number of rotatable bonds is 7. The molecule has 0 bridgehead atoms. The summed E-state index contributed by atoms with van der Waals surface area (Å²) in [7, 11) is 3.17. The van der Waals surface area contributed by atoms with Gasteiger partial charge in [0.1, 0.15) is 5.76 Å². The zero-order valence-corrected chi connectivity index (χ0v) is 15.7. The monoisotopic (exact) mass is 373 g/mol. The van der Waals surface area contributed by atoms with Crippen molar-refractivity contribution in [1.82, 2.24) is 10.5 Å². The predicted molar refractivity (Wildman–Crippen MR) is 98.0 cm³/mol. The Labute approximate surface area is 157 Å². The van der Waals surface area contributed by atoms with Crippen molar-refractivity contribution in [2.24, 2.45) is 5.92 Å². The minimum Gasteiger partial charge on any atom is -0.493 e. The average Bonchev–Trinajstić information content (AvgIpc) is 3.26. The van der Waals surface area contributed by atoms with Gasteiger partial charge in [0.15, 0.2) is 17.3 Å². The number of ether oxygens (including phenoxy) is 2. The van der Waals surface area contributed by atoms with Gasteiger partial charge in [-0.15, -0.1) is 0 Å². The number of methoxy groups -OCH3 is 2. The van der Waals surface area contributed by atoms with Crippen LogP contribution in [-0.4, -0.2) is 44.3 Å². The first-order chi connectivity index (χ1) is 13.0. The van der Waals surface area contributed by atoms with Gasteiger partial charge in [0, 0.05) is 25.6 Å². The molecule has 1 aliphatic rings. The van der Waals surface area contributed by atoms with E-state index in [1.165, 1.54) is 4.90 Å². The van der Waals surface area contributed by atoms with E-state index in [0.29, 0.717) is 42.6 Å². The van der Waals surface area contributed by atoms with E-state index >= 15 is 0 Å². The topological polar surface area (TPSA) is 93.9 Å². The SMILES string of the molecule is COc1ccc(CCNC(=O)C2CC(=O)N(c3cc(C)on3)C2)cc1OC. The second-order valence-corrected chi connectivity index (χ2v) is 6.43. The molecule has 1 aromatic heterocycles. The average molecular weight is 373 g/mol. The van der Waals surface area contributed by atoms with Gasteiger partial charge in [-0.2, -0.15) is 0 Å². The minimum atomic E-state index is -0.389. The van der Waals surface area contributed by atoms with Crippen LogP contribution in [-0.2, 0) is 16.0 Å². The van der Waals surface area contributed by atoms with Crippen LogP contribution < -0.4 is 19.7 Å². The highest BCUT2D eigenvalue weighted by Gasteiger charge is 2.36.